The lowest BCUT2D eigenvalue weighted by Gasteiger charge is -2.33. The van der Waals surface area contributed by atoms with Gasteiger partial charge < -0.3 is 19.3 Å². The molecule has 10 heteroatoms. The summed E-state index contributed by atoms with van der Waals surface area (Å²) in [6, 6.07) is 7.48. The predicted molar refractivity (Wildman–Crippen MR) is 104 cm³/mol. The first-order valence-corrected chi connectivity index (χ1v) is 9.95. The fraction of sp³-hybridized carbons (Fsp3) is 0.474. The third-order valence-corrected chi connectivity index (χ3v) is 5.39. The molecule has 2 aliphatic heterocycles. The van der Waals surface area contributed by atoms with Crippen molar-refractivity contribution in [3.8, 4) is 0 Å². The number of amides is 2. The zero-order valence-corrected chi connectivity index (χ0v) is 16.8. The Morgan fingerprint density at radius 2 is 1.86 bits per heavy atom. The molecule has 0 aliphatic carbocycles. The van der Waals surface area contributed by atoms with E-state index in [1.807, 2.05) is 24.3 Å². The van der Waals surface area contributed by atoms with E-state index in [9.17, 15) is 9.59 Å². The van der Waals surface area contributed by atoms with Gasteiger partial charge in [0.2, 0.25) is 0 Å². The standard InChI is InChI=1S/C19H22ClN5O4/c1-2-28-19(27)24-9-7-23(8-10-24)18(26)17-15-12-29-16(11-25(15)22-21-17)13-3-5-14(20)6-4-13/h3-6,16H,2,7-12H2,1H3/t16-/m0/s1. The molecule has 1 aromatic carbocycles. The molecule has 2 amide bonds. The van der Waals surface area contributed by atoms with E-state index >= 15 is 0 Å². The SMILES string of the molecule is CCOC(=O)N1CCN(C(=O)c2nnn3c2CO[C@H](c2ccc(Cl)cc2)C3)CC1. The number of halogens is 1. The van der Waals surface area contributed by atoms with E-state index in [1.165, 1.54) is 0 Å². The summed E-state index contributed by atoms with van der Waals surface area (Å²) < 4.78 is 12.7. The van der Waals surface area contributed by atoms with Gasteiger partial charge in [-0.3, -0.25) is 4.79 Å². The molecule has 1 atom stereocenters. The maximum Gasteiger partial charge on any atom is 0.409 e. The number of carbonyl (C=O) groups is 2. The molecular weight excluding hydrogens is 398 g/mol. The average molecular weight is 420 g/mol. The lowest BCUT2D eigenvalue weighted by molar-refractivity contribution is -0.00203. The van der Waals surface area contributed by atoms with Gasteiger partial charge in [0, 0.05) is 31.2 Å². The number of piperazine rings is 1. The number of aromatic nitrogens is 3. The molecule has 2 aliphatic rings. The van der Waals surface area contributed by atoms with Crippen LogP contribution in [0.5, 0.6) is 0 Å². The second kappa shape index (κ2) is 8.38. The fourth-order valence-corrected chi connectivity index (χ4v) is 3.64. The molecule has 0 bridgehead atoms. The Hall–Kier alpha value is -2.65. The molecule has 3 heterocycles. The highest BCUT2D eigenvalue weighted by Crippen LogP contribution is 2.28. The zero-order valence-electron chi connectivity index (χ0n) is 16.1. The van der Waals surface area contributed by atoms with Gasteiger partial charge in [0.1, 0.15) is 6.10 Å². The van der Waals surface area contributed by atoms with E-state index in [2.05, 4.69) is 10.3 Å². The van der Waals surface area contributed by atoms with Crippen LogP contribution in [0.3, 0.4) is 0 Å². The summed E-state index contributed by atoms with van der Waals surface area (Å²) in [7, 11) is 0. The molecule has 0 N–H and O–H groups in total. The van der Waals surface area contributed by atoms with E-state index in [4.69, 9.17) is 21.1 Å². The highest BCUT2D eigenvalue weighted by Gasteiger charge is 2.32. The van der Waals surface area contributed by atoms with Crippen molar-refractivity contribution in [3.05, 3.63) is 46.2 Å². The average Bonchev–Trinajstić information content (AvgIpc) is 3.17. The van der Waals surface area contributed by atoms with E-state index < -0.39 is 0 Å². The van der Waals surface area contributed by atoms with Gasteiger partial charge >= 0.3 is 6.09 Å². The molecule has 0 spiro atoms. The molecule has 9 nitrogen and oxygen atoms in total. The number of hydrogen-bond donors (Lipinski definition) is 0. The van der Waals surface area contributed by atoms with Gasteiger partial charge in [0.25, 0.3) is 5.91 Å². The quantitative estimate of drug-likeness (QED) is 0.757. The Balaban J connectivity index is 1.41. The Kier molecular flexibility index (Phi) is 5.68. The monoisotopic (exact) mass is 419 g/mol. The van der Waals surface area contributed by atoms with Crippen LogP contribution in [0.4, 0.5) is 4.79 Å². The highest BCUT2D eigenvalue weighted by molar-refractivity contribution is 6.30. The molecule has 1 aromatic heterocycles. The topological polar surface area (TPSA) is 89.8 Å². The fourth-order valence-electron chi connectivity index (χ4n) is 3.51. The van der Waals surface area contributed by atoms with Crippen molar-refractivity contribution in [3.63, 3.8) is 0 Å². The molecule has 1 saturated heterocycles. The van der Waals surface area contributed by atoms with E-state index in [0.29, 0.717) is 55.7 Å². The second-order valence-corrected chi connectivity index (χ2v) is 7.33. The van der Waals surface area contributed by atoms with Crippen LogP contribution in [0.15, 0.2) is 24.3 Å². The van der Waals surface area contributed by atoms with Crippen molar-refractivity contribution in [1.29, 1.82) is 0 Å². The highest BCUT2D eigenvalue weighted by atomic mass is 35.5. The van der Waals surface area contributed by atoms with Crippen LogP contribution in [0, 0.1) is 0 Å². The third-order valence-electron chi connectivity index (χ3n) is 5.13. The predicted octanol–water partition coefficient (Wildman–Crippen LogP) is 2.12. The Morgan fingerprint density at radius 1 is 1.17 bits per heavy atom. The minimum Gasteiger partial charge on any atom is -0.450 e. The zero-order chi connectivity index (χ0) is 20.4. The Bertz CT molecular complexity index is 893. The number of carbonyl (C=O) groups excluding carboxylic acids is 2. The maximum atomic E-state index is 12.9. The molecule has 1 fully saturated rings. The van der Waals surface area contributed by atoms with Gasteiger partial charge in [-0.25, -0.2) is 9.48 Å². The van der Waals surface area contributed by atoms with Gasteiger partial charge in [-0.2, -0.15) is 0 Å². The van der Waals surface area contributed by atoms with Gasteiger partial charge in [-0.1, -0.05) is 28.9 Å². The van der Waals surface area contributed by atoms with Crippen LogP contribution in [-0.4, -0.2) is 69.6 Å². The van der Waals surface area contributed by atoms with Crippen LogP contribution in [0.25, 0.3) is 0 Å². The van der Waals surface area contributed by atoms with Crippen molar-refractivity contribution in [2.45, 2.75) is 26.2 Å². The number of nitrogens with zero attached hydrogens (tertiary/aromatic N) is 5. The molecule has 29 heavy (non-hydrogen) atoms. The summed E-state index contributed by atoms with van der Waals surface area (Å²) in [5.41, 5.74) is 1.98. The minimum atomic E-state index is -0.345. The number of benzene rings is 1. The number of rotatable bonds is 3. The summed E-state index contributed by atoms with van der Waals surface area (Å²) in [5.74, 6) is -0.191. The van der Waals surface area contributed by atoms with Crippen molar-refractivity contribution in [2.24, 2.45) is 0 Å². The molecule has 154 valence electrons. The van der Waals surface area contributed by atoms with Crippen LogP contribution in [0.1, 0.15) is 34.8 Å². The van der Waals surface area contributed by atoms with Crippen molar-refractivity contribution >= 4 is 23.6 Å². The first kappa shape index (κ1) is 19.7. The van der Waals surface area contributed by atoms with Crippen LogP contribution < -0.4 is 0 Å². The van der Waals surface area contributed by atoms with Gasteiger partial charge in [-0.05, 0) is 24.6 Å². The normalized spacial score (nSPS) is 19.0. The molecule has 0 saturated carbocycles. The summed E-state index contributed by atoms with van der Waals surface area (Å²) >= 11 is 5.95. The molecule has 4 rings (SSSR count). The smallest absolute Gasteiger partial charge is 0.409 e. The van der Waals surface area contributed by atoms with Gasteiger partial charge in [-0.15, -0.1) is 5.10 Å². The van der Waals surface area contributed by atoms with E-state index in [0.717, 1.165) is 5.56 Å². The number of hydrogen-bond acceptors (Lipinski definition) is 6. The van der Waals surface area contributed by atoms with E-state index in [-0.39, 0.29) is 24.7 Å². The van der Waals surface area contributed by atoms with Gasteiger partial charge in [0.15, 0.2) is 5.69 Å². The summed E-state index contributed by atoms with van der Waals surface area (Å²) in [6.07, 6.45) is -0.514. The third kappa shape index (κ3) is 4.06. The summed E-state index contributed by atoms with van der Waals surface area (Å²) in [6.45, 7) is 4.56. The Labute approximate surface area is 173 Å². The van der Waals surface area contributed by atoms with Crippen LogP contribution in [0.2, 0.25) is 5.02 Å². The molecule has 0 radical (unpaired) electrons. The largest absolute Gasteiger partial charge is 0.450 e. The second-order valence-electron chi connectivity index (χ2n) is 6.90. The van der Waals surface area contributed by atoms with Gasteiger partial charge in [0.05, 0.1) is 25.5 Å². The van der Waals surface area contributed by atoms with Crippen molar-refractivity contribution < 1.29 is 19.1 Å². The molecular formula is C19H22ClN5O4. The first-order valence-electron chi connectivity index (χ1n) is 9.57. The lowest BCUT2D eigenvalue weighted by Crippen LogP contribution is -2.51. The van der Waals surface area contributed by atoms with E-state index in [1.54, 1.807) is 21.4 Å². The molecule has 0 unspecified atom stereocenters. The van der Waals surface area contributed by atoms with Crippen LogP contribution >= 0.6 is 11.6 Å². The maximum absolute atomic E-state index is 12.9. The van der Waals surface area contributed by atoms with Crippen LogP contribution in [-0.2, 0) is 22.6 Å². The number of ether oxygens (including phenoxy) is 2. The first-order chi connectivity index (χ1) is 14.1. The summed E-state index contributed by atoms with van der Waals surface area (Å²) in [4.78, 5) is 28.0. The Morgan fingerprint density at radius 3 is 2.55 bits per heavy atom. The molecule has 2 aromatic rings. The summed E-state index contributed by atoms with van der Waals surface area (Å²) in [5, 5.41) is 8.94. The van der Waals surface area contributed by atoms with Crippen molar-refractivity contribution in [1.82, 2.24) is 24.8 Å². The number of fused-ring (bicyclic) bond motifs is 1. The van der Waals surface area contributed by atoms with Crippen molar-refractivity contribution in [2.75, 3.05) is 32.8 Å². The minimum absolute atomic E-state index is 0.169. The lowest BCUT2D eigenvalue weighted by atomic mass is 10.1.